The molecule has 3 fully saturated rings. The molecular formula is C24H48N6. The van der Waals surface area contributed by atoms with Crippen molar-refractivity contribution >= 4 is 5.96 Å². The molecule has 0 radical (unpaired) electrons. The lowest BCUT2D eigenvalue weighted by Crippen LogP contribution is -2.55. The van der Waals surface area contributed by atoms with Crippen molar-refractivity contribution in [2.45, 2.75) is 58.4 Å². The monoisotopic (exact) mass is 420 g/mol. The standard InChI is InChI=1S/C24H48N6/c1-21(2)22-7-9-23(10-8-22)29-17-19-30(20-18-29)24(25-3)26-11-5-13-28-14-6-12-27(4)15-16-28/h21-23H,5-20H2,1-4H3,(H,25,26). The number of nitrogens with one attached hydrogen (secondary N) is 1. The number of hydrogen-bond donors (Lipinski definition) is 1. The van der Waals surface area contributed by atoms with Gasteiger partial charge in [0.25, 0.3) is 0 Å². The molecule has 2 heterocycles. The summed E-state index contributed by atoms with van der Waals surface area (Å²) in [6.45, 7) is 16.5. The maximum Gasteiger partial charge on any atom is 0.193 e. The molecule has 1 N–H and O–H groups in total. The van der Waals surface area contributed by atoms with Crippen molar-refractivity contribution < 1.29 is 0 Å². The average molecular weight is 421 g/mol. The van der Waals surface area contributed by atoms with E-state index < -0.39 is 0 Å². The molecule has 3 rings (SSSR count). The van der Waals surface area contributed by atoms with E-state index in [-0.39, 0.29) is 0 Å². The predicted molar refractivity (Wildman–Crippen MR) is 128 cm³/mol. The highest BCUT2D eigenvalue weighted by Crippen LogP contribution is 2.32. The van der Waals surface area contributed by atoms with E-state index in [0.717, 1.165) is 43.5 Å². The molecule has 0 spiro atoms. The van der Waals surface area contributed by atoms with Crippen molar-refractivity contribution in [3.05, 3.63) is 0 Å². The Morgan fingerprint density at radius 1 is 0.933 bits per heavy atom. The molecule has 0 aromatic heterocycles. The third-order valence-electron chi connectivity index (χ3n) is 7.77. The van der Waals surface area contributed by atoms with Crippen LogP contribution in [0.4, 0.5) is 0 Å². The van der Waals surface area contributed by atoms with Crippen LogP contribution >= 0.6 is 0 Å². The molecule has 3 aliphatic rings. The molecule has 30 heavy (non-hydrogen) atoms. The quantitative estimate of drug-likeness (QED) is 0.406. The highest BCUT2D eigenvalue weighted by atomic mass is 15.4. The second-order valence-corrected chi connectivity index (χ2v) is 10.2. The lowest BCUT2D eigenvalue weighted by atomic mass is 9.79. The molecular weight excluding hydrogens is 372 g/mol. The molecule has 0 aromatic rings. The Morgan fingerprint density at radius 3 is 2.33 bits per heavy atom. The number of rotatable bonds is 6. The van der Waals surface area contributed by atoms with E-state index in [1.807, 2.05) is 7.05 Å². The first kappa shape index (κ1) is 23.8. The fraction of sp³-hybridized carbons (Fsp3) is 0.958. The van der Waals surface area contributed by atoms with Crippen LogP contribution in [0.5, 0.6) is 0 Å². The minimum absolute atomic E-state index is 0.824. The molecule has 0 atom stereocenters. The number of hydrogen-bond acceptors (Lipinski definition) is 4. The van der Waals surface area contributed by atoms with Gasteiger partial charge in [0.1, 0.15) is 0 Å². The Labute approximate surface area is 186 Å². The summed E-state index contributed by atoms with van der Waals surface area (Å²) in [7, 11) is 4.18. The maximum atomic E-state index is 4.58. The van der Waals surface area contributed by atoms with Crippen LogP contribution in [-0.2, 0) is 0 Å². The van der Waals surface area contributed by atoms with E-state index >= 15 is 0 Å². The maximum absolute atomic E-state index is 4.58. The molecule has 1 aliphatic carbocycles. The van der Waals surface area contributed by atoms with Gasteiger partial charge in [-0.1, -0.05) is 13.8 Å². The number of nitrogens with zero attached hydrogens (tertiary/aromatic N) is 5. The zero-order chi connectivity index (χ0) is 21.3. The fourth-order valence-corrected chi connectivity index (χ4v) is 5.59. The first-order valence-electron chi connectivity index (χ1n) is 12.7. The third-order valence-corrected chi connectivity index (χ3v) is 7.77. The Hall–Kier alpha value is -0.850. The molecule has 2 saturated heterocycles. The zero-order valence-corrected chi connectivity index (χ0v) is 20.3. The summed E-state index contributed by atoms with van der Waals surface area (Å²) >= 11 is 0. The van der Waals surface area contributed by atoms with Crippen molar-refractivity contribution in [1.29, 1.82) is 0 Å². The van der Waals surface area contributed by atoms with Gasteiger partial charge >= 0.3 is 0 Å². The van der Waals surface area contributed by atoms with Crippen LogP contribution in [0.15, 0.2) is 4.99 Å². The topological polar surface area (TPSA) is 37.4 Å². The van der Waals surface area contributed by atoms with Crippen molar-refractivity contribution in [3.63, 3.8) is 0 Å². The summed E-state index contributed by atoms with van der Waals surface area (Å²) in [5.41, 5.74) is 0. The summed E-state index contributed by atoms with van der Waals surface area (Å²) in [6, 6.07) is 0.824. The SMILES string of the molecule is CN=C(NCCCN1CCCN(C)CC1)N1CCN(C2CCC(C(C)C)CC2)CC1. The second-order valence-electron chi connectivity index (χ2n) is 10.2. The number of guanidine groups is 1. The Morgan fingerprint density at radius 2 is 1.67 bits per heavy atom. The molecule has 2 aliphatic heterocycles. The van der Waals surface area contributed by atoms with E-state index in [9.17, 15) is 0 Å². The van der Waals surface area contributed by atoms with Gasteiger partial charge in [0.15, 0.2) is 5.96 Å². The smallest absolute Gasteiger partial charge is 0.193 e. The summed E-state index contributed by atoms with van der Waals surface area (Å²) in [6.07, 6.45) is 8.17. The van der Waals surface area contributed by atoms with Crippen molar-refractivity contribution in [1.82, 2.24) is 24.9 Å². The van der Waals surface area contributed by atoms with Crippen LogP contribution in [0, 0.1) is 11.8 Å². The van der Waals surface area contributed by atoms with E-state index in [1.54, 1.807) is 0 Å². The Balaban J connectivity index is 1.32. The number of likely N-dealkylation sites (N-methyl/N-ethyl adjacent to an activating group) is 1. The second kappa shape index (κ2) is 12.3. The largest absolute Gasteiger partial charge is 0.356 e. The summed E-state index contributed by atoms with van der Waals surface area (Å²) < 4.78 is 0. The minimum Gasteiger partial charge on any atom is -0.356 e. The molecule has 0 bridgehead atoms. The predicted octanol–water partition coefficient (Wildman–Crippen LogP) is 2.42. The van der Waals surface area contributed by atoms with E-state index in [1.165, 1.54) is 84.3 Å². The highest BCUT2D eigenvalue weighted by Gasteiger charge is 2.29. The summed E-state index contributed by atoms with van der Waals surface area (Å²) in [4.78, 5) is 14.9. The van der Waals surface area contributed by atoms with Gasteiger partial charge in [0.05, 0.1) is 0 Å². The van der Waals surface area contributed by atoms with Gasteiger partial charge in [-0.25, -0.2) is 0 Å². The number of piperazine rings is 1. The normalized spacial score (nSPS) is 28.7. The number of aliphatic imine (C=N–C) groups is 1. The van der Waals surface area contributed by atoms with Gasteiger partial charge in [0, 0.05) is 58.9 Å². The molecule has 0 unspecified atom stereocenters. The third kappa shape index (κ3) is 7.10. The van der Waals surface area contributed by atoms with Crippen molar-refractivity contribution in [2.75, 3.05) is 79.5 Å². The molecule has 174 valence electrons. The van der Waals surface area contributed by atoms with Gasteiger partial charge in [0.2, 0.25) is 0 Å². The van der Waals surface area contributed by atoms with E-state index in [0.29, 0.717) is 0 Å². The van der Waals surface area contributed by atoms with E-state index in [4.69, 9.17) is 0 Å². The molecule has 1 saturated carbocycles. The Kier molecular flexibility index (Phi) is 9.72. The molecule has 0 amide bonds. The Bertz CT molecular complexity index is 506. The fourth-order valence-electron chi connectivity index (χ4n) is 5.59. The van der Waals surface area contributed by atoms with E-state index in [2.05, 4.69) is 50.8 Å². The summed E-state index contributed by atoms with van der Waals surface area (Å²) in [5.74, 6) is 2.92. The summed E-state index contributed by atoms with van der Waals surface area (Å²) in [5, 5.41) is 3.64. The lowest BCUT2D eigenvalue weighted by molar-refractivity contribution is 0.0864. The van der Waals surface area contributed by atoms with Crippen LogP contribution in [0.2, 0.25) is 0 Å². The van der Waals surface area contributed by atoms with Gasteiger partial charge < -0.3 is 20.0 Å². The molecule has 6 nitrogen and oxygen atoms in total. The van der Waals surface area contributed by atoms with Gasteiger partial charge in [-0.05, 0) is 77.0 Å². The zero-order valence-electron chi connectivity index (χ0n) is 20.3. The first-order valence-corrected chi connectivity index (χ1v) is 12.7. The molecule has 0 aromatic carbocycles. The lowest BCUT2D eigenvalue weighted by Gasteiger charge is -2.43. The van der Waals surface area contributed by atoms with Crippen LogP contribution in [0.3, 0.4) is 0 Å². The van der Waals surface area contributed by atoms with Crippen LogP contribution in [-0.4, -0.2) is 111 Å². The van der Waals surface area contributed by atoms with Gasteiger partial charge in [-0.2, -0.15) is 0 Å². The van der Waals surface area contributed by atoms with Gasteiger partial charge in [-0.15, -0.1) is 0 Å². The highest BCUT2D eigenvalue weighted by molar-refractivity contribution is 5.79. The van der Waals surface area contributed by atoms with Crippen molar-refractivity contribution in [2.24, 2.45) is 16.8 Å². The average Bonchev–Trinajstić information content (AvgIpc) is 2.98. The first-order chi connectivity index (χ1) is 14.6. The van der Waals surface area contributed by atoms with Crippen LogP contribution < -0.4 is 5.32 Å². The van der Waals surface area contributed by atoms with Crippen LogP contribution in [0.1, 0.15) is 52.4 Å². The minimum atomic E-state index is 0.824. The van der Waals surface area contributed by atoms with Gasteiger partial charge in [-0.3, -0.25) is 9.89 Å². The molecule has 6 heteroatoms. The van der Waals surface area contributed by atoms with Crippen LogP contribution in [0.25, 0.3) is 0 Å². The van der Waals surface area contributed by atoms with Crippen molar-refractivity contribution in [3.8, 4) is 0 Å².